The Labute approximate surface area is 197 Å². The van der Waals surface area contributed by atoms with Crippen molar-refractivity contribution in [2.24, 2.45) is 0 Å². The van der Waals surface area contributed by atoms with E-state index in [4.69, 9.17) is 9.47 Å². The van der Waals surface area contributed by atoms with Crippen molar-refractivity contribution in [1.82, 2.24) is 9.80 Å². The van der Waals surface area contributed by atoms with Crippen LogP contribution in [0.3, 0.4) is 0 Å². The SMILES string of the molecule is O=C(c1ccccc1)c1ccccc1C(=O)N1CCN(C(=O)[C@H]2COc3ccccc3O2)CC1. The van der Waals surface area contributed by atoms with Crippen molar-refractivity contribution in [2.45, 2.75) is 6.10 Å². The first kappa shape index (κ1) is 21.7. The van der Waals surface area contributed by atoms with Crippen LogP contribution in [-0.4, -0.2) is 66.3 Å². The van der Waals surface area contributed by atoms with Crippen molar-refractivity contribution >= 4 is 17.6 Å². The first-order valence-electron chi connectivity index (χ1n) is 11.3. The molecule has 2 amide bonds. The summed E-state index contributed by atoms with van der Waals surface area (Å²) in [6, 6.07) is 23.1. The Kier molecular flexibility index (Phi) is 5.99. The molecule has 2 aliphatic heterocycles. The van der Waals surface area contributed by atoms with Gasteiger partial charge >= 0.3 is 0 Å². The van der Waals surface area contributed by atoms with Crippen LogP contribution in [0.15, 0.2) is 78.9 Å². The van der Waals surface area contributed by atoms with Gasteiger partial charge in [0, 0.05) is 37.3 Å². The van der Waals surface area contributed by atoms with Gasteiger partial charge in [-0.05, 0) is 18.2 Å². The number of piperazine rings is 1. The van der Waals surface area contributed by atoms with Crippen LogP contribution in [0.4, 0.5) is 0 Å². The van der Waals surface area contributed by atoms with Gasteiger partial charge in [-0.1, -0.05) is 60.7 Å². The van der Waals surface area contributed by atoms with Crippen molar-refractivity contribution in [3.8, 4) is 11.5 Å². The number of carbonyl (C=O) groups excluding carboxylic acids is 3. The molecule has 2 aliphatic rings. The van der Waals surface area contributed by atoms with E-state index in [0.29, 0.717) is 54.4 Å². The smallest absolute Gasteiger partial charge is 0.267 e. The molecule has 0 saturated carbocycles. The third kappa shape index (κ3) is 4.24. The number of carbonyl (C=O) groups is 3. The topological polar surface area (TPSA) is 76.2 Å². The Morgan fingerprint density at radius 1 is 0.676 bits per heavy atom. The lowest BCUT2D eigenvalue weighted by atomic mass is 9.97. The van der Waals surface area contributed by atoms with E-state index in [9.17, 15) is 14.4 Å². The van der Waals surface area contributed by atoms with Crippen LogP contribution in [-0.2, 0) is 4.79 Å². The minimum atomic E-state index is -0.707. The Balaban J connectivity index is 1.24. The number of rotatable bonds is 4. The molecule has 7 nitrogen and oxygen atoms in total. The van der Waals surface area contributed by atoms with E-state index in [0.717, 1.165) is 0 Å². The Bertz CT molecular complexity index is 1220. The fourth-order valence-electron chi connectivity index (χ4n) is 4.26. The van der Waals surface area contributed by atoms with Crippen molar-refractivity contribution in [3.05, 3.63) is 95.6 Å². The van der Waals surface area contributed by atoms with E-state index in [2.05, 4.69) is 0 Å². The van der Waals surface area contributed by atoms with E-state index in [-0.39, 0.29) is 24.2 Å². The molecule has 0 radical (unpaired) electrons. The van der Waals surface area contributed by atoms with Crippen LogP contribution in [0.1, 0.15) is 26.3 Å². The number of nitrogens with zero attached hydrogens (tertiary/aromatic N) is 2. The van der Waals surface area contributed by atoms with E-state index in [1.165, 1.54) is 0 Å². The van der Waals surface area contributed by atoms with E-state index >= 15 is 0 Å². The number of ether oxygens (including phenoxy) is 2. The highest BCUT2D eigenvalue weighted by Gasteiger charge is 2.34. The van der Waals surface area contributed by atoms with E-state index < -0.39 is 6.10 Å². The van der Waals surface area contributed by atoms with Crippen LogP contribution in [0.25, 0.3) is 0 Å². The summed E-state index contributed by atoms with van der Waals surface area (Å²) in [6.45, 7) is 1.69. The molecular formula is C27H24N2O5. The molecule has 2 heterocycles. The number of hydrogen-bond acceptors (Lipinski definition) is 5. The quantitative estimate of drug-likeness (QED) is 0.564. The summed E-state index contributed by atoms with van der Waals surface area (Å²) in [4.78, 5) is 42.7. The molecule has 0 bridgehead atoms. The molecule has 0 N–H and O–H groups in total. The molecule has 0 aliphatic carbocycles. The van der Waals surface area contributed by atoms with Crippen LogP contribution in [0.2, 0.25) is 0 Å². The molecule has 0 unspecified atom stereocenters. The zero-order valence-electron chi connectivity index (χ0n) is 18.6. The highest BCUT2D eigenvalue weighted by atomic mass is 16.6. The number of benzene rings is 3. The number of hydrogen-bond donors (Lipinski definition) is 0. The maximum absolute atomic E-state index is 13.3. The van der Waals surface area contributed by atoms with Crippen LogP contribution in [0.5, 0.6) is 11.5 Å². The molecule has 172 valence electrons. The third-order valence-corrected chi connectivity index (χ3v) is 6.10. The molecule has 3 aromatic carbocycles. The highest BCUT2D eigenvalue weighted by Crippen LogP contribution is 2.31. The molecule has 7 heteroatoms. The second-order valence-corrected chi connectivity index (χ2v) is 8.22. The number of para-hydroxylation sites is 2. The lowest BCUT2D eigenvalue weighted by molar-refractivity contribution is -0.142. The molecule has 3 aromatic rings. The number of amides is 2. The van der Waals surface area contributed by atoms with Crippen molar-refractivity contribution in [2.75, 3.05) is 32.8 Å². The first-order valence-corrected chi connectivity index (χ1v) is 11.3. The van der Waals surface area contributed by atoms with Gasteiger partial charge in [-0.15, -0.1) is 0 Å². The normalized spacial score (nSPS) is 17.2. The molecule has 1 saturated heterocycles. The second-order valence-electron chi connectivity index (χ2n) is 8.22. The van der Waals surface area contributed by atoms with Crippen LogP contribution >= 0.6 is 0 Å². The number of ketones is 1. The fourth-order valence-corrected chi connectivity index (χ4v) is 4.26. The summed E-state index contributed by atoms with van der Waals surface area (Å²) in [6.07, 6.45) is -0.707. The number of fused-ring (bicyclic) bond motifs is 1. The average molecular weight is 456 g/mol. The predicted molar refractivity (Wildman–Crippen MR) is 125 cm³/mol. The summed E-state index contributed by atoms with van der Waals surface area (Å²) in [5, 5.41) is 0. The minimum absolute atomic E-state index is 0.152. The Hall–Kier alpha value is -4.13. The predicted octanol–water partition coefficient (Wildman–Crippen LogP) is 3.04. The van der Waals surface area contributed by atoms with Gasteiger partial charge in [-0.25, -0.2) is 0 Å². The van der Waals surface area contributed by atoms with Gasteiger partial charge in [0.1, 0.15) is 6.61 Å². The van der Waals surface area contributed by atoms with Crippen LogP contribution in [0, 0.1) is 0 Å². The second kappa shape index (κ2) is 9.39. The summed E-state index contributed by atoms with van der Waals surface area (Å²) < 4.78 is 11.5. The molecule has 0 spiro atoms. The van der Waals surface area contributed by atoms with Crippen molar-refractivity contribution in [3.63, 3.8) is 0 Å². The van der Waals surface area contributed by atoms with Gasteiger partial charge in [-0.2, -0.15) is 0 Å². The lowest BCUT2D eigenvalue weighted by Gasteiger charge is -2.37. The standard InChI is InChI=1S/C27H24N2O5/c30-25(19-8-2-1-3-9-19)20-10-4-5-11-21(20)26(31)28-14-16-29(17-15-28)27(32)24-18-33-22-12-6-7-13-23(22)34-24/h1-13,24H,14-18H2/t24-/m1/s1. The van der Waals surface area contributed by atoms with Gasteiger partial charge in [0.25, 0.3) is 11.8 Å². The summed E-state index contributed by atoms with van der Waals surface area (Å²) in [7, 11) is 0. The molecule has 1 atom stereocenters. The molecule has 34 heavy (non-hydrogen) atoms. The van der Waals surface area contributed by atoms with Gasteiger partial charge in [-0.3, -0.25) is 14.4 Å². The van der Waals surface area contributed by atoms with Gasteiger partial charge in [0.2, 0.25) is 6.10 Å². The average Bonchev–Trinajstić information content (AvgIpc) is 2.92. The molecular weight excluding hydrogens is 432 g/mol. The fraction of sp³-hybridized carbons (Fsp3) is 0.222. The summed E-state index contributed by atoms with van der Waals surface area (Å²) in [5.74, 6) is 0.638. The highest BCUT2D eigenvalue weighted by molar-refractivity contribution is 6.15. The van der Waals surface area contributed by atoms with Gasteiger partial charge < -0.3 is 19.3 Å². The monoisotopic (exact) mass is 456 g/mol. The zero-order chi connectivity index (χ0) is 23.5. The van der Waals surface area contributed by atoms with Crippen LogP contribution < -0.4 is 9.47 Å². The molecule has 5 rings (SSSR count). The van der Waals surface area contributed by atoms with Crippen molar-refractivity contribution in [1.29, 1.82) is 0 Å². The van der Waals surface area contributed by atoms with Crippen molar-refractivity contribution < 1.29 is 23.9 Å². The van der Waals surface area contributed by atoms with E-state index in [1.54, 1.807) is 70.5 Å². The van der Waals surface area contributed by atoms with Gasteiger partial charge in [0.15, 0.2) is 17.3 Å². The van der Waals surface area contributed by atoms with Gasteiger partial charge in [0.05, 0.1) is 5.56 Å². The maximum Gasteiger partial charge on any atom is 0.267 e. The molecule has 1 fully saturated rings. The lowest BCUT2D eigenvalue weighted by Crippen LogP contribution is -2.55. The van der Waals surface area contributed by atoms with E-state index in [1.807, 2.05) is 18.2 Å². The summed E-state index contributed by atoms with van der Waals surface area (Å²) in [5.41, 5.74) is 1.29. The minimum Gasteiger partial charge on any atom is -0.485 e. The Morgan fingerprint density at radius 3 is 2.00 bits per heavy atom. The first-order chi connectivity index (χ1) is 16.6. The maximum atomic E-state index is 13.3. The Morgan fingerprint density at radius 2 is 1.26 bits per heavy atom. The summed E-state index contributed by atoms with van der Waals surface area (Å²) >= 11 is 0. The zero-order valence-corrected chi connectivity index (χ0v) is 18.6. The third-order valence-electron chi connectivity index (χ3n) is 6.10. The molecule has 0 aromatic heterocycles. The largest absolute Gasteiger partial charge is 0.485 e.